The van der Waals surface area contributed by atoms with Gasteiger partial charge in [0.15, 0.2) is 6.61 Å². The highest BCUT2D eigenvalue weighted by atomic mass is 16.5. The van der Waals surface area contributed by atoms with Crippen LogP contribution in [0.3, 0.4) is 0 Å². The maximum Gasteiger partial charge on any atom is 0.338 e. The molecular weight excluding hydrogens is 380 g/mol. The van der Waals surface area contributed by atoms with Crippen LogP contribution >= 0.6 is 0 Å². The Morgan fingerprint density at radius 2 is 1.83 bits per heavy atom. The molecule has 0 spiro atoms. The number of carbonyl (C=O) groups is 3. The minimum Gasteiger partial charge on any atom is -0.452 e. The average molecular weight is 408 g/mol. The third-order valence-corrected chi connectivity index (χ3v) is 5.39. The largest absolute Gasteiger partial charge is 0.452 e. The first-order valence-electron chi connectivity index (χ1n) is 10.2. The van der Waals surface area contributed by atoms with Gasteiger partial charge in [0.05, 0.1) is 5.56 Å². The van der Waals surface area contributed by atoms with E-state index in [0.29, 0.717) is 25.1 Å². The normalized spacial score (nSPS) is 13.4. The highest BCUT2D eigenvalue weighted by molar-refractivity contribution is 5.91. The van der Waals surface area contributed by atoms with Crippen molar-refractivity contribution in [2.24, 2.45) is 0 Å². The lowest BCUT2D eigenvalue weighted by molar-refractivity contribution is -0.133. The van der Waals surface area contributed by atoms with Gasteiger partial charge in [0.25, 0.3) is 5.91 Å². The van der Waals surface area contributed by atoms with Crippen LogP contribution in [0, 0.1) is 13.8 Å². The molecule has 0 unspecified atom stereocenters. The Bertz CT molecular complexity index is 937. The smallest absolute Gasteiger partial charge is 0.338 e. The number of aryl methyl sites for hydroxylation is 2. The van der Waals surface area contributed by atoms with Gasteiger partial charge in [0, 0.05) is 33.1 Å². The summed E-state index contributed by atoms with van der Waals surface area (Å²) in [6.07, 6.45) is 1.51. The summed E-state index contributed by atoms with van der Waals surface area (Å²) < 4.78 is 5.19. The van der Waals surface area contributed by atoms with Gasteiger partial charge in [0.2, 0.25) is 5.91 Å². The third-order valence-electron chi connectivity index (χ3n) is 5.39. The second-order valence-electron chi connectivity index (χ2n) is 7.87. The lowest BCUT2D eigenvalue weighted by Gasteiger charge is -2.19. The molecular formula is C24H28N2O4. The third kappa shape index (κ3) is 5.47. The molecule has 0 atom stereocenters. The molecule has 1 fully saturated rings. The number of hydrogen-bond donors (Lipinski definition) is 0. The molecule has 0 aromatic heterocycles. The van der Waals surface area contributed by atoms with E-state index in [1.165, 1.54) is 5.56 Å². The van der Waals surface area contributed by atoms with Gasteiger partial charge < -0.3 is 14.5 Å². The molecule has 0 N–H and O–H groups in total. The second-order valence-corrected chi connectivity index (χ2v) is 7.87. The number of likely N-dealkylation sites (tertiary alicyclic amines) is 1. The standard InChI is InChI=1S/C24H28N2O4/c1-17-6-9-21(18(2)13-17)15-25(3)23(28)16-30-24(29)20-10-7-19(8-11-20)14-26-12-4-5-22(26)27/h6-11,13H,4-5,12,14-16H2,1-3H3. The molecule has 1 aliphatic rings. The molecule has 1 aliphatic heterocycles. The van der Waals surface area contributed by atoms with Crippen molar-refractivity contribution >= 4 is 17.8 Å². The first kappa shape index (κ1) is 21.6. The van der Waals surface area contributed by atoms with Crippen LogP contribution in [-0.2, 0) is 27.4 Å². The van der Waals surface area contributed by atoms with Gasteiger partial charge in [-0.25, -0.2) is 4.79 Å². The Morgan fingerprint density at radius 1 is 1.10 bits per heavy atom. The molecule has 1 saturated heterocycles. The van der Waals surface area contributed by atoms with E-state index in [9.17, 15) is 14.4 Å². The van der Waals surface area contributed by atoms with Gasteiger partial charge in [-0.05, 0) is 49.1 Å². The number of rotatable bonds is 7. The number of nitrogens with zero attached hydrogens (tertiary/aromatic N) is 2. The van der Waals surface area contributed by atoms with Gasteiger partial charge in [-0.1, -0.05) is 35.9 Å². The van der Waals surface area contributed by atoms with Crippen molar-refractivity contribution in [3.63, 3.8) is 0 Å². The zero-order valence-corrected chi connectivity index (χ0v) is 17.8. The van der Waals surface area contributed by atoms with Crippen LogP contribution in [0.2, 0.25) is 0 Å². The number of hydrogen-bond acceptors (Lipinski definition) is 4. The number of benzene rings is 2. The van der Waals surface area contributed by atoms with E-state index in [1.54, 1.807) is 24.1 Å². The maximum absolute atomic E-state index is 12.4. The molecule has 6 heteroatoms. The molecule has 0 bridgehead atoms. The average Bonchev–Trinajstić information content (AvgIpc) is 3.13. The number of ether oxygens (including phenoxy) is 1. The molecule has 158 valence electrons. The molecule has 1 heterocycles. The van der Waals surface area contributed by atoms with Crippen LogP contribution < -0.4 is 0 Å². The molecule has 2 aromatic carbocycles. The zero-order chi connectivity index (χ0) is 21.7. The molecule has 0 radical (unpaired) electrons. The molecule has 0 saturated carbocycles. The SMILES string of the molecule is Cc1ccc(CN(C)C(=O)COC(=O)c2ccc(CN3CCCC3=O)cc2)c(C)c1. The Labute approximate surface area is 177 Å². The lowest BCUT2D eigenvalue weighted by Crippen LogP contribution is -2.31. The molecule has 2 aromatic rings. The summed E-state index contributed by atoms with van der Waals surface area (Å²) >= 11 is 0. The van der Waals surface area contributed by atoms with Gasteiger partial charge in [-0.15, -0.1) is 0 Å². The van der Waals surface area contributed by atoms with E-state index in [0.717, 1.165) is 29.7 Å². The fourth-order valence-electron chi connectivity index (χ4n) is 3.53. The van der Waals surface area contributed by atoms with Crippen molar-refractivity contribution in [3.8, 4) is 0 Å². The highest BCUT2D eigenvalue weighted by Crippen LogP contribution is 2.15. The van der Waals surface area contributed by atoms with Gasteiger partial charge in [-0.2, -0.15) is 0 Å². The lowest BCUT2D eigenvalue weighted by atomic mass is 10.1. The van der Waals surface area contributed by atoms with Gasteiger partial charge in [0.1, 0.15) is 0 Å². The Kier molecular flexibility index (Phi) is 6.87. The van der Waals surface area contributed by atoms with E-state index in [4.69, 9.17) is 4.74 Å². The minimum atomic E-state index is -0.535. The number of esters is 1. The molecule has 30 heavy (non-hydrogen) atoms. The summed E-state index contributed by atoms with van der Waals surface area (Å²) in [7, 11) is 1.70. The van der Waals surface area contributed by atoms with Crippen LogP contribution in [-0.4, -0.2) is 47.8 Å². The maximum atomic E-state index is 12.4. The van der Waals surface area contributed by atoms with E-state index < -0.39 is 5.97 Å². The Morgan fingerprint density at radius 3 is 2.47 bits per heavy atom. The summed E-state index contributed by atoms with van der Waals surface area (Å²) in [5.74, 6) is -0.624. The quantitative estimate of drug-likeness (QED) is 0.660. The van der Waals surface area contributed by atoms with E-state index >= 15 is 0 Å². The Hall–Kier alpha value is -3.15. The second kappa shape index (κ2) is 9.57. The van der Waals surface area contributed by atoms with E-state index in [-0.39, 0.29) is 18.4 Å². The van der Waals surface area contributed by atoms with Gasteiger partial charge in [-0.3, -0.25) is 9.59 Å². The van der Waals surface area contributed by atoms with E-state index in [2.05, 4.69) is 6.07 Å². The van der Waals surface area contributed by atoms with Crippen LogP contribution in [0.1, 0.15) is 45.5 Å². The fourth-order valence-corrected chi connectivity index (χ4v) is 3.53. The fraction of sp³-hybridized carbons (Fsp3) is 0.375. The van der Waals surface area contributed by atoms with Crippen molar-refractivity contribution in [1.82, 2.24) is 9.80 Å². The van der Waals surface area contributed by atoms with Gasteiger partial charge >= 0.3 is 5.97 Å². The van der Waals surface area contributed by atoms with Crippen molar-refractivity contribution in [2.75, 3.05) is 20.2 Å². The van der Waals surface area contributed by atoms with Crippen LogP contribution in [0.25, 0.3) is 0 Å². The minimum absolute atomic E-state index is 0.168. The molecule has 3 rings (SSSR count). The van der Waals surface area contributed by atoms with Crippen LogP contribution in [0.15, 0.2) is 42.5 Å². The summed E-state index contributed by atoms with van der Waals surface area (Å²) in [6, 6.07) is 13.1. The molecule has 2 amide bonds. The predicted octanol–water partition coefficient (Wildman–Crippen LogP) is 3.24. The number of carbonyl (C=O) groups excluding carboxylic acids is 3. The molecule has 6 nitrogen and oxygen atoms in total. The zero-order valence-electron chi connectivity index (χ0n) is 17.8. The monoisotopic (exact) mass is 408 g/mol. The van der Waals surface area contributed by atoms with Crippen LogP contribution in [0.4, 0.5) is 0 Å². The number of likely N-dealkylation sites (N-methyl/N-ethyl adjacent to an activating group) is 1. The van der Waals surface area contributed by atoms with Crippen molar-refractivity contribution in [2.45, 2.75) is 39.8 Å². The summed E-state index contributed by atoms with van der Waals surface area (Å²) in [5.41, 5.74) is 4.72. The highest BCUT2D eigenvalue weighted by Gasteiger charge is 2.20. The predicted molar refractivity (Wildman–Crippen MR) is 114 cm³/mol. The summed E-state index contributed by atoms with van der Waals surface area (Å²) in [4.78, 5) is 39.7. The summed E-state index contributed by atoms with van der Waals surface area (Å²) in [5, 5.41) is 0. The van der Waals surface area contributed by atoms with Crippen LogP contribution in [0.5, 0.6) is 0 Å². The summed E-state index contributed by atoms with van der Waals surface area (Å²) in [6.45, 7) is 5.54. The number of amides is 2. The topological polar surface area (TPSA) is 66.9 Å². The first-order chi connectivity index (χ1) is 14.3. The Balaban J connectivity index is 1.49. The van der Waals surface area contributed by atoms with E-state index in [1.807, 2.05) is 43.0 Å². The van der Waals surface area contributed by atoms with Crippen molar-refractivity contribution in [3.05, 3.63) is 70.3 Å². The van der Waals surface area contributed by atoms with Crippen molar-refractivity contribution < 1.29 is 19.1 Å². The molecule has 0 aliphatic carbocycles. The first-order valence-corrected chi connectivity index (χ1v) is 10.2. The van der Waals surface area contributed by atoms with Crippen molar-refractivity contribution in [1.29, 1.82) is 0 Å².